The highest BCUT2D eigenvalue weighted by Crippen LogP contribution is 2.22. The molecule has 1 aliphatic rings. The van der Waals surface area contributed by atoms with E-state index in [1.807, 2.05) is 24.1 Å². The van der Waals surface area contributed by atoms with Crippen molar-refractivity contribution in [3.05, 3.63) is 56.7 Å². The number of nitrogens with one attached hydrogen (secondary N) is 1. The maximum absolute atomic E-state index is 11.9. The van der Waals surface area contributed by atoms with E-state index in [0.29, 0.717) is 19.5 Å². The van der Waals surface area contributed by atoms with Crippen LogP contribution in [0.25, 0.3) is 0 Å². The molecule has 1 N–H and O–H groups in total. The molecule has 0 bridgehead atoms. The van der Waals surface area contributed by atoms with E-state index < -0.39 is 0 Å². The van der Waals surface area contributed by atoms with Crippen molar-refractivity contribution in [2.24, 2.45) is 4.99 Å². The van der Waals surface area contributed by atoms with E-state index in [4.69, 9.17) is 16.6 Å². The zero-order valence-corrected chi connectivity index (χ0v) is 18.0. The van der Waals surface area contributed by atoms with Crippen molar-refractivity contribution >= 4 is 34.8 Å². The van der Waals surface area contributed by atoms with Gasteiger partial charge in [0.25, 0.3) is 0 Å². The van der Waals surface area contributed by atoms with Gasteiger partial charge in [-0.3, -0.25) is 4.79 Å². The number of carbonyl (C=O) groups is 1. The number of thiophene rings is 1. The van der Waals surface area contributed by atoms with Gasteiger partial charge >= 0.3 is 0 Å². The predicted octanol–water partition coefficient (Wildman–Crippen LogP) is 4.12. The number of benzene rings is 1. The number of halogens is 1. The van der Waals surface area contributed by atoms with E-state index in [1.54, 1.807) is 11.3 Å². The van der Waals surface area contributed by atoms with Crippen LogP contribution in [0.3, 0.4) is 0 Å². The fourth-order valence-electron chi connectivity index (χ4n) is 3.30. The number of hydrogen-bond acceptors (Lipinski definition) is 3. The Morgan fingerprint density at radius 2 is 2.14 bits per heavy atom. The van der Waals surface area contributed by atoms with Crippen LogP contribution < -0.4 is 5.32 Å². The zero-order chi connectivity index (χ0) is 19.9. The number of carbonyl (C=O) groups excluding carboxylic acids is 1. The summed E-state index contributed by atoms with van der Waals surface area (Å²) in [5, 5.41) is 3.35. The van der Waals surface area contributed by atoms with Crippen molar-refractivity contribution in [3.63, 3.8) is 0 Å². The maximum Gasteiger partial charge on any atom is 0.222 e. The Balaban J connectivity index is 1.65. The Bertz CT molecular complexity index is 835. The van der Waals surface area contributed by atoms with Crippen LogP contribution >= 0.6 is 22.9 Å². The monoisotopic (exact) mass is 418 g/mol. The van der Waals surface area contributed by atoms with Crippen molar-refractivity contribution in [1.82, 2.24) is 15.1 Å². The van der Waals surface area contributed by atoms with Crippen molar-refractivity contribution in [2.75, 3.05) is 20.1 Å². The Morgan fingerprint density at radius 1 is 1.32 bits per heavy atom. The largest absolute Gasteiger partial charge is 0.357 e. The van der Waals surface area contributed by atoms with E-state index in [-0.39, 0.29) is 5.91 Å². The molecule has 1 aliphatic heterocycles. The molecule has 1 saturated heterocycles. The standard InChI is InChI=1S/C21H27ClN4OS/c1-3-23-21(25(2)15-18-9-10-19(22)28-18)24-13-16-6-4-7-17(12-16)14-26-11-5-8-20(26)27/h4,6-7,9-10,12H,3,5,8,11,13-15H2,1-2H3,(H,23,24). The summed E-state index contributed by atoms with van der Waals surface area (Å²) in [7, 11) is 2.03. The molecule has 1 fully saturated rings. The first-order valence-corrected chi connectivity index (χ1v) is 10.8. The maximum atomic E-state index is 11.9. The first kappa shape index (κ1) is 20.7. The lowest BCUT2D eigenvalue weighted by Crippen LogP contribution is -2.38. The molecule has 0 spiro atoms. The molecule has 28 heavy (non-hydrogen) atoms. The topological polar surface area (TPSA) is 47.9 Å². The number of nitrogens with zero attached hydrogens (tertiary/aromatic N) is 3. The number of rotatable bonds is 7. The van der Waals surface area contributed by atoms with Crippen LogP contribution in [-0.4, -0.2) is 41.8 Å². The molecule has 150 valence electrons. The second kappa shape index (κ2) is 9.94. The average molecular weight is 419 g/mol. The quantitative estimate of drug-likeness (QED) is 0.543. The van der Waals surface area contributed by atoms with Crippen LogP contribution in [0, 0.1) is 0 Å². The molecular formula is C21H27ClN4OS. The van der Waals surface area contributed by atoms with Crippen LogP contribution in [0.2, 0.25) is 4.34 Å². The van der Waals surface area contributed by atoms with Gasteiger partial charge in [0.05, 0.1) is 17.4 Å². The fourth-order valence-corrected chi connectivity index (χ4v) is 4.44. The zero-order valence-electron chi connectivity index (χ0n) is 16.4. The van der Waals surface area contributed by atoms with Gasteiger partial charge in [-0.05, 0) is 36.6 Å². The molecule has 1 amide bonds. The highest BCUT2D eigenvalue weighted by atomic mass is 35.5. The molecule has 2 heterocycles. The summed E-state index contributed by atoms with van der Waals surface area (Å²) < 4.78 is 0.804. The normalized spacial score (nSPS) is 14.6. The summed E-state index contributed by atoms with van der Waals surface area (Å²) in [4.78, 5) is 21.9. The second-order valence-corrected chi connectivity index (χ2v) is 8.77. The minimum atomic E-state index is 0.258. The molecule has 0 saturated carbocycles. The Morgan fingerprint density at radius 3 is 2.82 bits per heavy atom. The Hall–Kier alpha value is -2.05. The van der Waals surface area contributed by atoms with E-state index in [9.17, 15) is 4.79 Å². The van der Waals surface area contributed by atoms with Crippen LogP contribution in [0.15, 0.2) is 41.4 Å². The molecule has 2 aromatic rings. The summed E-state index contributed by atoms with van der Waals surface area (Å²) in [5.41, 5.74) is 2.31. The molecule has 0 atom stereocenters. The highest BCUT2D eigenvalue weighted by Gasteiger charge is 2.19. The van der Waals surface area contributed by atoms with Gasteiger partial charge in [0.2, 0.25) is 5.91 Å². The summed E-state index contributed by atoms with van der Waals surface area (Å²) in [6, 6.07) is 12.3. The van der Waals surface area contributed by atoms with Crippen molar-refractivity contribution in [1.29, 1.82) is 0 Å². The van der Waals surface area contributed by atoms with E-state index in [0.717, 1.165) is 47.5 Å². The molecule has 1 aromatic carbocycles. The minimum absolute atomic E-state index is 0.258. The molecule has 0 aliphatic carbocycles. The molecule has 5 nitrogen and oxygen atoms in total. The van der Waals surface area contributed by atoms with Gasteiger partial charge in [0.15, 0.2) is 5.96 Å². The number of aliphatic imine (C=N–C) groups is 1. The molecule has 7 heteroatoms. The second-order valence-electron chi connectivity index (χ2n) is 6.97. The third-order valence-corrected chi connectivity index (χ3v) is 5.88. The van der Waals surface area contributed by atoms with Crippen LogP contribution in [-0.2, 0) is 24.4 Å². The average Bonchev–Trinajstić information content (AvgIpc) is 3.27. The Labute approximate surface area is 176 Å². The number of guanidine groups is 1. The lowest BCUT2D eigenvalue weighted by molar-refractivity contribution is -0.128. The van der Waals surface area contributed by atoms with Crippen LogP contribution in [0.5, 0.6) is 0 Å². The van der Waals surface area contributed by atoms with Crippen molar-refractivity contribution in [2.45, 2.75) is 39.4 Å². The van der Waals surface area contributed by atoms with Gasteiger partial charge in [-0.15, -0.1) is 11.3 Å². The van der Waals surface area contributed by atoms with E-state index in [1.165, 1.54) is 4.88 Å². The molecule has 0 unspecified atom stereocenters. The van der Waals surface area contributed by atoms with E-state index in [2.05, 4.69) is 41.4 Å². The van der Waals surface area contributed by atoms with Gasteiger partial charge in [-0.1, -0.05) is 35.9 Å². The minimum Gasteiger partial charge on any atom is -0.357 e. The molecule has 3 rings (SSSR count). The molecule has 1 aromatic heterocycles. The predicted molar refractivity (Wildman–Crippen MR) is 117 cm³/mol. The summed E-state index contributed by atoms with van der Waals surface area (Å²) in [5.74, 6) is 1.13. The van der Waals surface area contributed by atoms with Crippen molar-refractivity contribution < 1.29 is 4.79 Å². The number of likely N-dealkylation sites (tertiary alicyclic amines) is 1. The summed E-state index contributed by atoms with van der Waals surface area (Å²) >= 11 is 7.63. The number of hydrogen-bond donors (Lipinski definition) is 1. The summed E-state index contributed by atoms with van der Waals surface area (Å²) in [6.45, 7) is 5.79. The first-order chi connectivity index (χ1) is 13.5. The SMILES string of the molecule is CCNC(=NCc1cccc(CN2CCCC2=O)c1)N(C)Cc1ccc(Cl)s1. The molecular weight excluding hydrogens is 392 g/mol. The highest BCUT2D eigenvalue weighted by molar-refractivity contribution is 7.16. The lowest BCUT2D eigenvalue weighted by Gasteiger charge is -2.21. The summed E-state index contributed by atoms with van der Waals surface area (Å²) in [6.07, 6.45) is 1.65. The Kier molecular flexibility index (Phi) is 7.34. The lowest BCUT2D eigenvalue weighted by atomic mass is 10.1. The van der Waals surface area contributed by atoms with Crippen LogP contribution in [0.1, 0.15) is 35.8 Å². The van der Waals surface area contributed by atoms with Crippen LogP contribution in [0.4, 0.5) is 0 Å². The first-order valence-electron chi connectivity index (χ1n) is 9.64. The number of amides is 1. The third-order valence-electron chi connectivity index (χ3n) is 4.67. The molecule has 0 radical (unpaired) electrons. The van der Waals surface area contributed by atoms with Crippen molar-refractivity contribution in [3.8, 4) is 0 Å². The van der Waals surface area contributed by atoms with Gasteiger partial charge in [0.1, 0.15) is 0 Å². The smallest absolute Gasteiger partial charge is 0.222 e. The van der Waals surface area contributed by atoms with E-state index >= 15 is 0 Å². The van der Waals surface area contributed by atoms with Gasteiger partial charge < -0.3 is 15.1 Å². The van der Waals surface area contributed by atoms with Gasteiger partial charge in [-0.25, -0.2) is 4.99 Å². The van der Waals surface area contributed by atoms with Gasteiger partial charge in [0, 0.05) is 38.0 Å². The van der Waals surface area contributed by atoms with Gasteiger partial charge in [-0.2, -0.15) is 0 Å². The fraction of sp³-hybridized carbons (Fsp3) is 0.429. The third kappa shape index (κ3) is 5.72.